The topological polar surface area (TPSA) is 160 Å². The van der Waals surface area contributed by atoms with Gasteiger partial charge in [0.2, 0.25) is 0 Å². The summed E-state index contributed by atoms with van der Waals surface area (Å²) in [4.78, 5) is 16.1. The van der Waals surface area contributed by atoms with Gasteiger partial charge in [-0.3, -0.25) is 4.79 Å². The van der Waals surface area contributed by atoms with Gasteiger partial charge in [-0.1, -0.05) is 75.3 Å². The van der Waals surface area contributed by atoms with Crippen LogP contribution in [-0.2, 0) is 23.4 Å². The van der Waals surface area contributed by atoms with Crippen molar-refractivity contribution in [3.05, 3.63) is 83.3 Å². The van der Waals surface area contributed by atoms with Gasteiger partial charge in [0.1, 0.15) is 5.78 Å². The van der Waals surface area contributed by atoms with E-state index in [0.717, 1.165) is 54.1 Å². The number of aliphatic hydroxyl groups excluding tert-OH is 2. The molecule has 2 saturated carbocycles. The van der Waals surface area contributed by atoms with E-state index in [1.165, 1.54) is 43.2 Å². The zero-order chi connectivity index (χ0) is 34.4. The fourth-order valence-electron chi connectivity index (χ4n) is 8.31. The smallest absolute Gasteiger partial charge is 0.165 e. The van der Waals surface area contributed by atoms with Crippen molar-refractivity contribution in [2.45, 2.75) is 127 Å². The molecule has 8 N–H and O–H groups in total. The first-order valence-electron chi connectivity index (χ1n) is 18.3. The number of nitrogens with two attached hydrogens (primary N) is 2. The highest BCUT2D eigenvalue weighted by atomic mass is 16.5. The minimum absolute atomic E-state index is 0.0361. The quantitative estimate of drug-likeness (QED) is 0.0711. The summed E-state index contributed by atoms with van der Waals surface area (Å²) in [5, 5.41) is 32.6. The van der Waals surface area contributed by atoms with Gasteiger partial charge in [0.15, 0.2) is 18.2 Å². The average Bonchev–Trinajstić information content (AvgIpc) is 3.84. The molecule has 264 valence electrons. The Balaban J connectivity index is 1.03. The molecule has 0 spiro atoms. The summed E-state index contributed by atoms with van der Waals surface area (Å²) < 4.78 is 8.05. The molecule has 0 amide bonds. The van der Waals surface area contributed by atoms with E-state index in [2.05, 4.69) is 29.5 Å². The zero-order valence-electron chi connectivity index (χ0n) is 28.7. The van der Waals surface area contributed by atoms with Gasteiger partial charge in [0, 0.05) is 42.2 Å². The Morgan fingerprint density at radius 1 is 1.00 bits per heavy atom. The molecule has 49 heavy (non-hydrogen) atoms. The molecule has 2 heterocycles. The number of aromatic amines is 1. The van der Waals surface area contributed by atoms with Crippen LogP contribution in [0.1, 0.15) is 118 Å². The van der Waals surface area contributed by atoms with Crippen LogP contribution in [0.25, 0.3) is 10.9 Å². The number of aromatic nitrogens is 2. The maximum atomic E-state index is 12.7. The van der Waals surface area contributed by atoms with Crippen LogP contribution in [0.3, 0.4) is 0 Å². The molecule has 2 fully saturated rings. The molecule has 9 heteroatoms. The number of hydrogen-bond acceptors (Lipinski definition) is 7. The second-order valence-electron chi connectivity index (χ2n) is 14.7. The van der Waals surface area contributed by atoms with Crippen molar-refractivity contribution in [3.63, 3.8) is 0 Å². The summed E-state index contributed by atoms with van der Waals surface area (Å²) in [7, 11) is 0. The zero-order valence-corrected chi connectivity index (χ0v) is 28.7. The second-order valence-corrected chi connectivity index (χ2v) is 14.7. The molecular formula is C40H54N4O5. The third-order valence-electron chi connectivity index (χ3n) is 11.1. The van der Waals surface area contributed by atoms with Gasteiger partial charge in [-0.2, -0.15) is 0 Å². The van der Waals surface area contributed by atoms with Gasteiger partial charge in [-0.25, -0.2) is 0 Å². The van der Waals surface area contributed by atoms with Crippen LogP contribution in [0.5, 0.6) is 11.5 Å². The molecule has 0 bridgehead atoms. The highest BCUT2D eigenvalue weighted by Crippen LogP contribution is 2.49. The number of ketones is 1. The summed E-state index contributed by atoms with van der Waals surface area (Å²) in [6, 6.07) is 13.5. The van der Waals surface area contributed by atoms with Crippen molar-refractivity contribution in [1.29, 1.82) is 0 Å². The SMILES string of the molecule is NC(N)c1cccc(C2(c3c[nH]c4cn(COc5cc(CCC(=O)CC(O)CC(O)CCC6CCCCC6)ccc5O)cc34)CCCC2)c1. The number of fused-ring (bicyclic) bond motifs is 1. The van der Waals surface area contributed by atoms with Crippen molar-refractivity contribution >= 4 is 16.7 Å². The second kappa shape index (κ2) is 15.9. The van der Waals surface area contributed by atoms with Crippen LogP contribution in [-0.4, -0.2) is 42.9 Å². The van der Waals surface area contributed by atoms with E-state index in [1.807, 2.05) is 22.9 Å². The number of nitrogens with one attached hydrogen (secondary N) is 1. The summed E-state index contributed by atoms with van der Waals surface area (Å²) in [6.45, 7) is 0.206. The van der Waals surface area contributed by atoms with Crippen LogP contribution < -0.4 is 16.2 Å². The fourth-order valence-corrected chi connectivity index (χ4v) is 8.31. The molecule has 2 unspecified atom stereocenters. The number of aromatic hydroxyl groups is 1. The predicted molar refractivity (Wildman–Crippen MR) is 192 cm³/mol. The van der Waals surface area contributed by atoms with Crippen molar-refractivity contribution in [2.75, 3.05) is 0 Å². The molecule has 2 aromatic carbocycles. The van der Waals surface area contributed by atoms with Gasteiger partial charge < -0.3 is 41.1 Å². The summed E-state index contributed by atoms with van der Waals surface area (Å²) in [5.74, 6) is 1.03. The molecular weight excluding hydrogens is 616 g/mol. The number of rotatable bonds is 16. The Bertz CT molecular complexity index is 1680. The number of phenolic OH excluding ortho intramolecular Hbond substituents is 1. The monoisotopic (exact) mass is 670 g/mol. The van der Waals surface area contributed by atoms with Gasteiger partial charge >= 0.3 is 0 Å². The van der Waals surface area contributed by atoms with Crippen LogP contribution in [0, 0.1) is 5.92 Å². The largest absolute Gasteiger partial charge is 0.504 e. The molecule has 2 atom stereocenters. The number of phenols is 1. The van der Waals surface area contributed by atoms with E-state index >= 15 is 0 Å². The van der Waals surface area contributed by atoms with Crippen LogP contribution in [0.4, 0.5) is 0 Å². The number of benzene rings is 2. The van der Waals surface area contributed by atoms with E-state index < -0.39 is 18.4 Å². The molecule has 0 radical (unpaired) electrons. The summed E-state index contributed by atoms with van der Waals surface area (Å²) >= 11 is 0. The van der Waals surface area contributed by atoms with Gasteiger partial charge in [0.05, 0.1) is 23.9 Å². The van der Waals surface area contributed by atoms with Crippen molar-refractivity contribution in [1.82, 2.24) is 9.55 Å². The maximum absolute atomic E-state index is 12.7. The lowest BCUT2D eigenvalue weighted by Crippen LogP contribution is -2.25. The number of hydrogen-bond donors (Lipinski definition) is 6. The number of H-pyrrole nitrogens is 1. The van der Waals surface area contributed by atoms with Crippen molar-refractivity contribution in [3.8, 4) is 11.5 Å². The molecule has 9 nitrogen and oxygen atoms in total. The van der Waals surface area contributed by atoms with E-state index in [1.54, 1.807) is 18.2 Å². The molecule has 4 aromatic rings. The minimum Gasteiger partial charge on any atom is -0.504 e. The summed E-state index contributed by atoms with van der Waals surface area (Å²) in [5.41, 5.74) is 17.3. The highest BCUT2D eigenvalue weighted by molar-refractivity contribution is 5.85. The molecule has 2 aliphatic rings. The molecule has 0 aliphatic heterocycles. The Labute approximate surface area is 289 Å². The molecule has 0 saturated heterocycles. The highest BCUT2D eigenvalue weighted by Gasteiger charge is 2.39. The van der Waals surface area contributed by atoms with E-state index in [0.29, 0.717) is 24.5 Å². The summed E-state index contributed by atoms with van der Waals surface area (Å²) in [6.07, 6.45) is 17.8. The third-order valence-corrected chi connectivity index (χ3v) is 11.1. The fraction of sp³-hybridized carbons (Fsp3) is 0.525. The third kappa shape index (κ3) is 8.58. The van der Waals surface area contributed by atoms with E-state index in [4.69, 9.17) is 16.2 Å². The lowest BCUT2D eigenvalue weighted by molar-refractivity contribution is -0.121. The van der Waals surface area contributed by atoms with Gasteiger partial charge in [-0.05, 0) is 78.8 Å². The number of aryl methyl sites for hydroxylation is 1. The lowest BCUT2D eigenvalue weighted by atomic mass is 9.73. The number of Topliss-reactive ketones (excluding diaryl/α,β-unsaturated/α-hetero) is 1. The van der Waals surface area contributed by atoms with Crippen LogP contribution >= 0.6 is 0 Å². The number of ether oxygens (including phenoxy) is 1. The molecule has 2 aromatic heterocycles. The number of carbonyl (C=O) groups is 1. The van der Waals surface area contributed by atoms with Crippen molar-refractivity contribution in [2.24, 2.45) is 17.4 Å². The first-order chi connectivity index (χ1) is 23.7. The average molecular weight is 671 g/mol. The predicted octanol–water partition coefficient (Wildman–Crippen LogP) is 6.85. The number of nitrogens with zero attached hydrogens (tertiary/aromatic N) is 1. The minimum atomic E-state index is -0.835. The maximum Gasteiger partial charge on any atom is 0.165 e. The number of carbonyl (C=O) groups excluding carboxylic acids is 1. The Morgan fingerprint density at radius 3 is 2.57 bits per heavy atom. The Morgan fingerprint density at radius 2 is 1.80 bits per heavy atom. The first-order valence-corrected chi connectivity index (χ1v) is 18.3. The van der Waals surface area contributed by atoms with Gasteiger partial charge in [-0.15, -0.1) is 0 Å². The number of aliphatic hydroxyl groups is 2. The van der Waals surface area contributed by atoms with E-state index in [9.17, 15) is 20.1 Å². The lowest BCUT2D eigenvalue weighted by Gasteiger charge is -2.30. The van der Waals surface area contributed by atoms with Crippen molar-refractivity contribution < 1.29 is 24.9 Å². The normalized spacial score (nSPS) is 17.9. The molecule has 6 rings (SSSR count). The Hall–Kier alpha value is -3.63. The Kier molecular flexibility index (Phi) is 11.4. The molecule has 2 aliphatic carbocycles. The van der Waals surface area contributed by atoms with Crippen LogP contribution in [0.15, 0.2) is 61.1 Å². The van der Waals surface area contributed by atoms with Crippen LogP contribution in [0.2, 0.25) is 0 Å². The first kappa shape index (κ1) is 35.2. The van der Waals surface area contributed by atoms with Gasteiger partial charge in [0.25, 0.3) is 0 Å². The standard InChI is InChI=1S/C40H54N4O5/c41-39(42)29-9-6-10-30(20-29)40(17-4-5-18-40)35-23-43-36-25-44(24-34(35)36)26-49-38-19-28(13-16-37(38)48)12-15-32(46)22-33(47)21-31(45)14-11-27-7-2-1-3-8-27/h6,9-10,13,16,19-20,23-25,27,31,33,39,43,45,47-48H,1-5,7-8,11-12,14-15,17-18,21-22,26,41-42H2. The van der Waals surface area contributed by atoms with E-state index in [-0.39, 0.29) is 42.9 Å².